The third-order valence-corrected chi connectivity index (χ3v) is 5.70. The summed E-state index contributed by atoms with van der Waals surface area (Å²) in [5.74, 6) is 1.13. The molecule has 7 nitrogen and oxygen atoms in total. The van der Waals surface area contributed by atoms with Crippen molar-refractivity contribution in [3.63, 3.8) is 0 Å². The zero-order valence-corrected chi connectivity index (χ0v) is 18.5. The average Bonchev–Trinajstić information content (AvgIpc) is 3.40. The monoisotopic (exact) mass is 440 g/mol. The zero-order valence-electron chi connectivity index (χ0n) is 18.5. The SMILES string of the molecule is Cc1cc(/C=N\NC(=O)CNc2ccc3c(c2)OCO3)c(C)n1-c1cccc2ccccc12. The van der Waals surface area contributed by atoms with Crippen LogP contribution in [-0.2, 0) is 4.79 Å². The van der Waals surface area contributed by atoms with Crippen LogP contribution < -0.4 is 20.2 Å². The summed E-state index contributed by atoms with van der Waals surface area (Å²) in [6, 6.07) is 22.2. The minimum absolute atomic E-state index is 0.0893. The molecule has 0 atom stereocenters. The van der Waals surface area contributed by atoms with E-state index in [1.54, 1.807) is 12.3 Å². The van der Waals surface area contributed by atoms with Crippen molar-refractivity contribution in [2.75, 3.05) is 18.7 Å². The second-order valence-electron chi connectivity index (χ2n) is 7.87. The van der Waals surface area contributed by atoms with Crippen LogP contribution >= 0.6 is 0 Å². The molecule has 4 aromatic rings. The summed E-state index contributed by atoms with van der Waals surface area (Å²) in [7, 11) is 0. The van der Waals surface area contributed by atoms with E-state index in [2.05, 4.69) is 76.7 Å². The largest absolute Gasteiger partial charge is 0.454 e. The van der Waals surface area contributed by atoms with Gasteiger partial charge < -0.3 is 19.4 Å². The number of hydrogen-bond donors (Lipinski definition) is 2. The van der Waals surface area contributed by atoms with Crippen LogP contribution in [0.1, 0.15) is 17.0 Å². The summed E-state index contributed by atoms with van der Waals surface area (Å²) in [4.78, 5) is 12.2. The number of aromatic nitrogens is 1. The third-order valence-electron chi connectivity index (χ3n) is 5.70. The molecule has 0 saturated carbocycles. The van der Waals surface area contributed by atoms with E-state index in [-0.39, 0.29) is 19.2 Å². The van der Waals surface area contributed by atoms with Crippen LogP contribution in [0.15, 0.2) is 71.8 Å². The van der Waals surface area contributed by atoms with Crippen molar-refractivity contribution in [3.05, 3.63) is 83.7 Å². The minimum Gasteiger partial charge on any atom is -0.454 e. The molecule has 2 heterocycles. The Hall–Kier alpha value is -4.26. The third kappa shape index (κ3) is 4.13. The highest BCUT2D eigenvalue weighted by atomic mass is 16.7. The van der Waals surface area contributed by atoms with Gasteiger partial charge in [-0.1, -0.05) is 36.4 Å². The van der Waals surface area contributed by atoms with E-state index in [9.17, 15) is 4.79 Å². The predicted molar refractivity (Wildman–Crippen MR) is 130 cm³/mol. The molecule has 0 saturated heterocycles. The number of ether oxygens (including phenoxy) is 2. The second-order valence-corrected chi connectivity index (χ2v) is 7.87. The molecule has 1 aromatic heterocycles. The fourth-order valence-electron chi connectivity index (χ4n) is 4.09. The molecule has 33 heavy (non-hydrogen) atoms. The van der Waals surface area contributed by atoms with Crippen LogP contribution in [0.4, 0.5) is 5.69 Å². The van der Waals surface area contributed by atoms with Crippen molar-refractivity contribution < 1.29 is 14.3 Å². The summed E-state index contributed by atoms with van der Waals surface area (Å²) >= 11 is 0. The highest BCUT2D eigenvalue weighted by Crippen LogP contribution is 2.34. The number of carbonyl (C=O) groups excluding carboxylic acids is 1. The molecule has 0 aliphatic carbocycles. The van der Waals surface area contributed by atoms with Crippen molar-refractivity contribution in [3.8, 4) is 17.2 Å². The van der Waals surface area contributed by atoms with Gasteiger partial charge in [0.2, 0.25) is 6.79 Å². The molecule has 0 bridgehead atoms. The van der Waals surface area contributed by atoms with Gasteiger partial charge in [-0.15, -0.1) is 0 Å². The van der Waals surface area contributed by atoms with Crippen LogP contribution in [0.3, 0.4) is 0 Å². The van der Waals surface area contributed by atoms with Crippen LogP contribution in [0, 0.1) is 13.8 Å². The lowest BCUT2D eigenvalue weighted by molar-refractivity contribution is -0.119. The van der Waals surface area contributed by atoms with E-state index in [0.29, 0.717) is 11.5 Å². The zero-order chi connectivity index (χ0) is 22.8. The first-order valence-electron chi connectivity index (χ1n) is 10.7. The molecule has 2 N–H and O–H groups in total. The minimum atomic E-state index is -0.244. The highest BCUT2D eigenvalue weighted by Gasteiger charge is 2.14. The first-order valence-corrected chi connectivity index (χ1v) is 10.7. The number of anilines is 1. The van der Waals surface area contributed by atoms with Gasteiger partial charge in [-0.25, -0.2) is 5.43 Å². The standard InChI is InChI=1S/C26H24N4O3/c1-17-12-20(18(2)30(17)23-9-5-7-19-6-3-4-8-22(19)23)14-28-29-26(31)15-27-21-10-11-24-25(13-21)33-16-32-24/h3-14,27H,15-16H2,1-2H3,(H,29,31)/b28-14-. The van der Waals surface area contributed by atoms with Gasteiger partial charge in [-0.3, -0.25) is 4.79 Å². The fourth-order valence-corrected chi connectivity index (χ4v) is 4.09. The predicted octanol–water partition coefficient (Wildman–Crippen LogP) is 4.54. The van der Waals surface area contributed by atoms with Crippen LogP contribution in [0.25, 0.3) is 16.5 Å². The van der Waals surface area contributed by atoms with Crippen molar-refractivity contribution in [2.24, 2.45) is 5.10 Å². The van der Waals surface area contributed by atoms with Crippen LogP contribution in [-0.4, -0.2) is 30.0 Å². The first kappa shape index (κ1) is 20.6. The van der Waals surface area contributed by atoms with Gasteiger partial charge in [0.1, 0.15) is 0 Å². The van der Waals surface area contributed by atoms with Crippen LogP contribution in [0.2, 0.25) is 0 Å². The Balaban J connectivity index is 1.26. The van der Waals surface area contributed by atoms with E-state index in [0.717, 1.165) is 28.3 Å². The average molecular weight is 441 g/mol. The van der Waals surface area contributed by atoms with Gasteiger partial charge in [0, 0.05) is 34.1 Å². The van der Waals surface area contributed by atoms with Gasteiger partial charge in [0.05, 0.1) is 18.4 Å². The number of rotatable bonds is 6. The topological polar surface area (TPSA) is 76.9 Å². The van der Waals surface area contributed by atoms with Crippen LogP contribution in [0.5, 0.6) is 11.5 Å². The number of aryl methyl sites for hydroxylation is 1. The summed E-state index contributed by atoms with van der Waals surface area (Å²) < 4.78 is 12.9. The number of amides is 1. The quantitative estimate of drug-likeness (QED) is 0.341. The van der Waals surface area contributed by atoms with E-state index in [1.807, 2.05) is 18.2 Å². The Morgan fingerprint density at radius 2 is 1.85 bits per heavy atom. The maximum Gasteiger partial charge on any atom is 0.259 e. The Labute approximate surface area is 191 Å². The molecule has 3 aromatic carbocycles. The molecule has 1 amide bonds. The second kappa shape index (κ2) is 8.70. The molecule has 1 aliphatic heterocycles. The lowest BCUT2D eigenvalue weighted by Gasteiger charge is -2.13. The summed E-state index contributed by atoms with van der Waals surface area (Å²) in [6.07, 6.45) is 1.68. The Kier molecular flexibility index (Phi) is 5.44. The van der Waals surface area contributed by atoms with Gasteiger partial charge in [0.15, 0.2) is 11.5 Å². The van der Waals surface area contributed by atoms with Crippen molar-refractivity contribution in [1.29, 1.82) is 0 Å². The molecule has 1 aliphatic rings. The van der Waals surface area contributed by atoms with Gasteiger partial charge >= 0.3 is 0 Å². The van der Waals surface area contributed by atoms with Crippen molar-refractivity contribution in [2.45, 2.75) is 13.8 Å². The number of nitrogens with one attached hydrogen (secondary N) is 2. The van der Waals surface area contributed by atoms with Gasteiger partial charge in [-0.05, 0) is 43.5 Å². The fraction of sp³-hybridized carbons (Fsp3) is 0.154. The molecule has 0 radical (unpaired) electrons. The Morgan fingerprint density at radius 1 is 1.03 bits per heavy atom. The first-order chi connectivity index (χ1) is 16.1. The molecule has 166 valence electrons. The summed E-state index contributed by atoms with van der Waals surface area (Å²) in [5, 5.41) is 9.60. The number of carbonyl (C=O) groups is 1. The van der Waals surface area contributed by atoms with Gasteiger partial charge in [-0.2, -0.15) is 5.10 Å². The normalized spacial score (nSPS) is 12.4. The Morgan fingerprint density at radius 3 is 2.76 bits per heavy atom. The molecular formula is C26H24N4O3. The smallest absolute Gasteiger partial charge is 0.259 e. The summed E-state index contributed by atoms with van der Waals surface area (Å²) in [6.45, 7) is 4.43. The number of nitrogens with zero attached hydrogens (tertiary/aromatic N) is 2. The lowest BCUT2D eigenvalue weighted by Crippen LogP contribution is -2.25. The van der Waals surface area contributed by atoms with E-state index < -0.39 is 0 Å². The van der Waals surface area contributed by atoms with Gasteiger partial charge in [0.25, 0.3) is 5.91 Å². The molecule has 0 spiro atoms. The number of hydrazone groups is 1. The number of fused-ring (bicyclic) bond motifs is 2. The van der Waals surface area contributed by atoms with E-state index in [4.69, 9.17) is 9.47 Å². The van der Waals surface area contributed by atoms with Crippen molar-refractivity contribution >= 4 is 28.6 Å². The molecule has 7 heteroatoms. The Bertz CT molecular complexity index is 1370. The molecule has 0 unspecified atom stereocenters. The maximum atomic E-state index is 12.2. The molecule has 5 rings (SSSR count). The maximum absolute atomic E-state index is 12.2. The summed E-state index contributed by atoms with van der Waals surface area (Å²) in [5.41, 5.74) is 7.58. The number of hydrogen-bond acceptors (Lipinski definition) is 5. The van der Waals surface area contributed by atoms with E-state index >= 15 is 0 Å². The number of benzene rings is 3. The molecule has 0 fully saturated rings. The van der Waals surface area contributed by atoms with E-state index in [1.165, 1.54) is 10.8 Å². The van der Waals surface area contributed by atoms with Crippen molar-refractivity contribution in [1.82, 2.24) is 9.99 Å². The lowest BCUT2D eigenvalue weighted by atomic mass is 10.1. The highest BCUT2D eigenvalue weighted by molar-refractivity contribution is 5.91. The molecular weight excluding hydrogens is 416 g/mol.